The Kier molecular flexibility index (Phi) is 3.42. The van der Waals surface area contributed by atoms with Gasteiger partial charge >= 0.3 is 5.97 Å². The molecule has 82 valence electrons. The van der Waals surface area contributed by atoms with Gasteiger partial charge in [0.15, 0.2) is 0 Å². The number of methoxy groups -OCH3 is 1. The number of phenols is 2. The molecule has 1 unspecified atom stereocenters. The van der Waals surface area contributed by atoms with Gasteiger partial charge in [0.05, 0.1) is 13.0 Å². The zero-order valence-corrected chi connectivity index (χ0v) is 9.08. The minimum Gasteiger partial charge on any atom is -0.506 e. The van der Waals surface area contributed by atoms with Crippen LogP contribution in [0.4, 0.5) is 0 Å². The highest BCUT2D eigenvalue weighted by atomic mass is 35.5. The van der Waals surface area contributed by atoms with Crippen molar-refractivity contribution >= 4 is 17.6 Å². The van der Waals surface area contributed by atoms with E-state index in [0.29, 0.717) is 5.56 Å². The van der Waals surface area contributed by atoms with Crippen molar-refractivity contribution in [2.45, 2.75) is 12.8 Å². The molecule has 1 atom stereocenters. The van der Waals surface area contributed by atoms with Crippen LogP contribution in [0, 0.1) is 0 Å². The number of esters is 1. The molecule has 1 aromatic carbocycles. The summed E-state index contributed by atoms with van der Waals surface area (Å²) in [7, 11) is 1.26. The minimum absolute atomic E-state index is 0.164. The molecular weight excluding hydrogens is 220 g/mol. The maximum absolute atomic E-state index is 11.2. The number of carbonyl (C=O) groups is 1. The fourth-order valence-corrected chi connectivity index (χ4v) is 1.39. The first-order valence-electron chi connectivity index (χ1n) is 4.27. The van der Waals surface area contributed by atoms with E-state index in [9.17, 15) is 15.0 Å². The van der Waals surface area contributed by atoms with E-state index in [4.69, 9.17) is 11.6 Å². The highest BCUT2D eigenvalue weighted by Gasteiger charge is 2.21. The third-order valence-corrected chi connectivity index (χ3v) is 2.52. The van der Waals surface area contributed by atoms with Gasteiger partial charge in [0.2, 0.25) is 0 Å². The van der Waals surface area contributed by atoms with E-state index >= 15 is 0 Å². The van der Waals surface area contributed by atoms with E-state index < -0.39 is 11.9 Å². The first-order chi connectivity index (χ1) is 6.99. The quantitative estimate of drug-likeness (QED) is 0.763. The minimum atomic E-state index is -0.631. The summed E-state index contributed by atoms with van der Waals surface area (Å²) in [6.07, 6.45) is 0. The first kappa shape index (κ1) is 11.7. The van der Waals surface area contributed by atoms with Gasteiger partial charge in [-0.1, -0.05) is 17.7 Å². The second-order valence-electron chi connectivity index (χ2n) is 3.08. The summed E-state index contributed by atoms with van der Waals surface area (Å²) >= 11 is 5.62. The third kappa shape index (κ3) is 2.15. The van der Waals surface area contributed by atoms with Crippen molar-refractivity contribution in [3.8, 4) is 11.5 Å². The van der Waals surface area contributed by atoms with Crippen LogP contribution in [0.25, 0.3) is 0 Å². The summed E-state index contributed by atoms with van der Waals surface area (Å²) in [6.45, 7) is 1.58. The second-order valence-corrected chi connectivity index (χ2v) is 3.46. The maximum Gasteiger partial charge on any atom is 0.312 e. The SMILES string of the molecule is COC(=O)C(C)c1ccc(O)c(Cl)c1O. The normalized spacial score (nSPS) is 12.2. The molecule has 0 spiro atoms. The Labute approximate surface area is 92.1 Å². The molecule has 1 aromatic rings. The monoisotopic (exact) mass is 230 g/mol. The Morgan fingerprint density at radius 3 is 2.60 bits per heavy atom. The summed E-state index contributed by atoms with van der Waals surface area (Å²) in [4.78, 5) is 11.2. The standard InChI is InChI=1S/C10H11ClO4/c1-5(10(14)15-2)6-3-4-7(12)8(11)9(6)13/h3-5,12-13H,1-2H3. The van der Waals surface area contributed by atoms with Crippen LogP contribution in [-0.4, -0.2) is 23.3 Å². The molecular formula is C10H11ClO4. The Morgan fingerprint density at radius 1 is 1.47 bits per heavy atom. The number of rotatable bonds is 2. The van der Waals surface area contributed by atoms with Crippen molar-refractivity contribution < 1.29 is 19.7 Å². The number of hydrogen-bond acceptors (Lipinski definition) is 4. The van der Waals surface area contributed by atoms with Gasteiger partial charge in [-0.15, -0.1) is 0 Å². The van der Waals surface area contributed by atoms with Gasteiger partial charge in [0, 0.05) is 5.56 Å². The number of hydrogen-bond donors (Lipinski definition) is 2. The van der Waals surface area contributed by atoms with E-state index in [1.807, 2.05) is 0 Å². The molecule has 0 bridgehead atoms. The third-order valence-electron chi connectivity index (χ3n) is 2.15. The smallest absolute Gasteiger partial charge is 0.312 e. The van der Waals surface area contributed by atoms with E-state index in [0.717, 1.165) is 0 Å². The van der Waals surface area contributed by atoms with Crippen molar-refractivity contribution in [3.05, 3.63) is 22.7 Å². The van der Waals surface area contributed by atoms with Crippen molar-refractivity contribution in [1.82, 2.24) is 0 Å². The zero-order chi connectivity index (χ0) is 11.6. The summed E-state index contributed by atoms with van der Waals surface area (Å²) in [6, 6.07) is 2.74. The highest BCUT2D eigenvalue weighted by Crippen LogP contribution is 2.38. The first-order valence-corrected chi connectivity index (χ1v) is 4.65. The Hall–Kier alpha value is -1.42. The lowest BCUT2D eigenvalue weighted by atomic mass is 10.00. The molecule has 0 amide bonds. The predicted octanol–water partition coefficient (Wildman–Crippen LogP) is 2.03. The highest BCUT2D eigenvalue weighted by molar-refractivity contribution is 6.33. The van der Waals surface area contributed by atoms with Gasteiger partial charge in [-0.3, -0.25) is 4.79 Å². The molecule has 0 aliphatic carbocycles. The van der Waals surface area contributed by atoms with Gasteiger partial charge in [-0.2, -0.15) is 0 Å². The number of halogens is 1. The zero-order valence-electron chi connectivity index (χ0n) is 8.32. The molecule has 4 nitrogen and oxygen atoms in total. The lowest BCUT2D eigenvalue weighted by molar-refractivity contribution is -0.142. The molecule has 1 rings (SSSR count). The van der Waals surface area contributed by atoms with Crippen LogP contribution in [0.1, 0.15) is 18.4 Å². The number of aromatic hydroxyl groups is 2. The molecule has 0 saturated heterocycles. The van der Waals surface area contributed by atoms with Gasteiger partial charge in [0.25, 0.3) is 0 Å². The van der Waals surface area contributed by atoms with Crippen LogP contribution in [0.15, 0.2) is 12.1 Å². The van der Waals surface area contributed by atoms with Crippen molar-refractivity contribution in [1.29, 1.82) is 0 Å². The fourth-order valence-electron chi connectivity index (χ4n) is 1.22. The molecule has 0 heterocycles. The molecule has 0 aliphatic heterocycles. The van der Waals surface area contributed by atoms with Gasteiger partial charge in [-0.25, -0.2) is 0 Å². The Bertz CT molecular complexity index is 389. The molecule has 0 radical (unpaired) electrons. The topological polar surface area (TPSA) is 66.8 Å². The molecule has 0 aromatic heterocycles. The molecule has 15 heavy (non-hydrogen) atoms. The van der Waals surface area contributed by atoms with Gasteiger partial charge in [0.1, 0.15) is 16.5 Å². The van der Waals surface area contributed by atoms with E-state index in [1.165, 1.54) is 19.2 Å². The fraction of sp³-hybridized carbons (Fsp3) is 0.300. The second kappa shape index (κ2) is 4.40. The average molecular weight is 231 g/mol. The lowest BCUT2D eigenvalue weighted by Crippen LogP contribution is -2.10. The predicted molar refractivity (Wildman–Crippen MR) is 55.2 cm³/mol. The largest absolute Gasteiger partial charge is 0.506 e. The van der Waals surface area contributed by atoms with E-state index in [2.05, 4.69) is 4.74 Å². The Morgan fingerprint density at radius 2 is 2.07 bits per heavy atom. The van der Waals surface area contributed by atoms with Crippen LogP contribution in [0.5, 0.6) is 11.5 Å². The molecule has 2 N–H and O–H groups in total. The van der Waals surface area contributed by atoms with E-state index in [1.54, 1.807) is 6.92 Å². The maximum atomic E-state index is 11.2. The number of ether oxygens (including phenoxy) is 1. The van der Waals surface area contributed by atoms with Crippen LogP contribution in [-0.2, 0) is 9.53 Å². The lowest BCUT2D eigenvalue weighted by Gasteiger charge is -2.12. The molecule has 5 heteroatoms. The van der Waals surface area contributed by atoms with Crippen molar-refractivity contribution in [2.75, 3.05) is 7.11 Å². The van der Waals surface area contributed by atoms with Gasteiger partial charge < -0.3 is 14.9 Å². The van der Waals surface area contributed by atoms with Crippen LogP contribution < -0.4 is 0 Å². The average Bonchev–Trinajstić information content (AvgIpc) is 2.24. The summed E-state index contributed by atoms with van der Waals surface area (Å²) in [5.41, 5.74) is 0.324. The van der Waals surface area contributed by atoms with Crippen LogP contribution in [0.2, 0.25) is 5.02 Å². The molecule has 0 saturated carbocycles. The number of carbonyl (C=O) groups excluding carboxylic acids is 1. The summed E-state index contributed by atoms with van der Waals surface area (Å²) < 4.78 is 4.54. The van der Waals surface area contributed by atoms with Crippen LogP contribution >= 0.6 is 11.6 Å². The summed E-state index contributed by atoms with van der Waals surface area (Å²) in [5, 5.41) is 18.6. The van der Waals surface area contributed by atoms with Gasteiger partial charge in [-0.05, 0) is 13.0 Å². The molecule has 0 aliphatic rings. The van der Waals surface area contributed by atoms with Crippen molar-refractivity contribution in [2.24, 2.45) is 0 Å². The Balaban J connectivity index is 3.16. The number of benzene rings is 1. The van der Waals surface area contributed by atoms with E-state index in [-0.39, 0.29) is 16.5 Å². The molecule has 0 fully saturated rings. The van der Waals surface area contributed by atoms with Crippen molar-refractivity contribution in [3.63, 3.8) is 0 Å². The summed E-state index contributed by atoms with van der Waals surface area (Å²) in [5.74, 6) is -1.63. The number of phenolic OH excluding ortho intramolecular Hbond substituents is 2. The van der Waals surface area contributed by atoms with Crippen LogP contribution in [0.3, 0.4) is 0 Å².